The molecule has 0 bridgehead atoms. The molecule has 3 atom stereocenters. The first-order chi connectivity index (χ1) is 19.7. The van der Waals surface area contributed by atoms with Crippen molar-refractivity contribution in [2.24, 2.45) is 0 Å². The van der Waals surface area contributed by atoms with Crippen molar-refractivity contribution in [3.63, 3.8) is 0 Å². The highest BCUT2D eigenvalue weighted by atomic mass is 19.2. The highest BCUT2D eigenvalue weighted by molar-refractivity contribution is 5.90. The van der Waals surface area contributed by atoms with E-state index in [1.807, 2.05) is 23.1 Å². The van der Waals surface area contributed by atoms with Gasteiger partial charge in [0.15, 0.2) is 17.5 Å². The summed E-state index contributed by atoms with van der Waals surface area (Å²) in [5.74, 6) is -4.09. The van der Waals surface area contributed by atoms with Gasteiger partial charge in [-0.1, -0.05) is 18.2 Å². The van der Waals surface area contributed by atoms with Crippen LogP contribution in [0.1, 0.15) is 17.0 Å². The molecule has 0 unspecified atom stereocenters. The van der Waals surface area contributed by atoms with E-state index in [0.29, 0.717) is 43.3 Å². The number of para-hydroxylation sites is 1. The Morgan fingerprint density at radius 2 is 1.80 bits per heavy atom. The first-order valence-corrected chi connectivity index (χ1v) is 13.1. The number of anilines is 1. The maximum absolute atomic E-state index is 14.1. The monoisotopic (exact) mass is 577 g/mol. The number of aromatic nitrogens is 2. The number of hydrogen-bond donors (Lipinski definition) is 3. The fourth-order valence-electron chi connectivity index (χ4n) is 4.80. The molecule has 0 radical (unpaired) electrons. The molecule has 1 aliphatic rings. The van der Waals surface area contributed by atoms with Gasteiger partial charge >= 0.3 is 6.03 Å². The van der Waals surface area contributed by atoms with Crippen LogP contribution in [0, 0.1) is 24.4 Å². The van der Waals surface area contributed by atoms with Crippen LogP contribution < -0.4 is 15.4 Å². The van der Waals surface area contributed by atoms with Crippen LogP contribution in [0.25, 0.3) is 5.69 Å². The van der Waals surface area contributed by atoms with E-state index in [0.717, 1.165) is 12.1 Å². The average molecular weight is 578 g/mol. The van der Waals surface area contributed by atoms with Crippen LogP contribution in [-0.2, 0) is 9.47 Å². The van der Waals surface area contributed by atoms with Gasteiger partial charge in [0.25, 0.3) is 0 Å². The van der Waals surface area contributed by atoms with Crippen LogP contribution in [-0.4, -0.2) is 91.6 Å². The third-order valence-electron chi connectivity index (χ3n) is 6.84. The summed E-state index contributed by atoms with van der Waals surface area (Å²) in [5.41, 5.74) is 1.41. The van der Waals surface area contributed by atoms with Gasteiger partial charge in [-0.15, -0.1) is 5.10 Å². The number of amides is 2. The molecule has 1 saturated heterocycles. The molecule has 2 heterocycles. The maximum atomic E-state index is 14.1. The second kappa shape index (κ2) is 13.8. The normalized spacial score (nSPS) is 17.9. The van der Waals surface area contributed by atoms with Gasteiger partial charge in [-0.2, -0.15) is 0 Å². The number of nitrogens with one attached hydrogen (secondary N) is 2. The third kappa shape index (κ3) is 7.36. The third-order valence-corrected chi connectivity index (χ3v) is 6.84. The lowest BCUT2D eigenvalue weighted by Gasteiger charge is -2.21. The molecule has 0 spiro atoms. The lowest BCUT2D eigenvalue weighted by Crippen LogP contribution is -2.42. The molecule has 2 aromatic carbocycles. The zero-order valence-electron chi connectivity index (χ0n) is 23.1. The van der Waals surface area contributed by atoms with Gasteiger partial charge < -0.3 is 24.6 Å². The van der Waals surface area contributed by atoms with E-state index in [1.165, 1.54) is 11.8 Å². The van der Waals surface area contributed by atoms with Gasteiger partial charge in [0.1, 0.15) is 18.5 Å². The van der Waals surface area contributed by atoms with Crippen LogP contribution in [0.2, 0.25) is 0 Å². The van der Waals surface area contributed by atoms with Crippen molar-refractivity contribution in [2.45, 2.75) is 25.0 Å². The van der Waals surface area contributed by atoms with E-state index in [-0.39, 0.29) is 24.7 Å². The highest BCUT2D eigenvalue weighted by Crippen LogP contribution is 2.31. The van der Waals surface area contributed by atoms with Gasteiger partial charge in [0.05, 0.1) is 30.5 Å². The van der Waals surface area contributed by atoms with E-state index >= 15 is 0 Å². The van der Waals surface area contributed by atoms with Crippen molar-refractivity contribution in [3.05, 3.63) is 71.0 Å². The zero-order chi connectivity index (χ0) is 29.5. The van der Waals surface area contributed by atoms with Crippen molar-refractivity contribution in [1.82, 2.24) is 20.0 Å². The number of nitrogens with zero attached hydrogens (tertiary/aromatic N) is 3. The van der Waals surface area contributed by atoms with Crippen LogP contribution in [0.3, 0.4) is 0 Å². The van der Waals surface area contributed by atoms with Crippen molar-refractivity contribution in [2.75, 3.05) is 59.0 Å². The van der Waals surface area contributed by atoms with E-state index in [4.69, 9.17) is 14.2 Å². The highest BCUT2D eigenvalue weighted by Gasteiger charge is 2.36. The molecule has 222 valence electrons. The number of ether oxygens (including phenoxy) is 3. The SMILES string of the molecule is COCCN1C[C@@H](NC(=O)Nc2c(C)c(OC[C@H](O)COC)nn2-c2ccccc2)[C@H](c2cc(F)c(F)c(F)c2)C1. The Balaban J connectivity index is 1.57. The molecule has 13 heteroatoms. The van der Waals surface area contributed by atoms with Gasteiger partial charge in [-0.05, 0) is 36.8 Å². The van der Waals surface area contributed by atoms with Gasteiger partial charge in [-0.3, -0.25) is 10.2 Å². The smallest absolute Gasteiger partial charge is 0.320 e. The Morgan fingerprint density at radius 1 is 1.10 bits per heavy atom. The van der Waals surface area contributed by atoms with E-state index in [2.05, 4.69) is 15.7 Å². The average Bonchev–Trinajstić information content (AvgIpc) is 3.49. The van der Waals surface area contributed by atoms with E-state index < -0.39 is 41.5 Å². The van der Waals surface area contributed by atoms with Gasteiger partial charge in [0.2, 0.25) is 5.88 Å². The quantitative estimate of drug-likeness (QED) is 0.284. The predicted molar refractivity (Wildman–Crippen MR) is 145 cm³/mol. The molecule has 1 aliphatic heterocycles. The number of urea groups is 1. The summed E-state index contributed by atoms with van der Waals surface area (Å²) in [4.78, 5) is 15.3. The summed E-state index contributed by atoms with van der Waals surface area (Å²) < 4.78 is 59.1. The van der Waals surface area contributed by atoms with Crippen LogP contribution in [0.5, 0.6) is 5.88 Å². The molecule has 2 amide bonds. The number of carbonyl (C=O) groups excluding carboxylic acids is 1. The first kappa shape index (κ1) is 30.3. The number of halogens is 3. The molecule has 1 fully saturated rings. The van der Waals surface area contributed by atoms with Gasteiger partial charge in [-0.25, -0.2) is 22.6 Å². The largest absolute Gasteiger partial charge is 0.474 e. The first-order valence-electron chi connectivity index (χ1n) is 13.1. The van der Waals surface area contributed by atoms with Crippen molar-refractivity contribution < 1.29 is 37.3 Å². The van der Waals surface area contributed by atoms with E-state index in [9.17, 15) is 23.1 Å². The molecule has 3 N–H and O–H groups in total. The van der Waals surface area contributed by atoms with Crippen LogP contribution in [0.15, 0.2) is 42.5 Å². The minimum Gasteiger partial charge on any atom is -0.474 e. The Kier molecular flexibility index (Phi) is 10.2. The predicted octanol–water partition coefficient (Wildman–Crippen LogP) is 3.22. The summed E-state index contributed by atoms with van der Waals surface area (Å²) in [5, 5.41) is 20.2. The fourth-order valence-corrected chi connectivity index (χ4v) is 4.80. The number of likely N-dealkylation sites (tertiary alicyclic amines) is 1. The number of carbonyl (C=O) groups is 1. The van der Waals surface area contributed by atoms with E-state index in [1.54, 1.807) is 26.2 Å². The number of benzene rings is 2. The second-order valence-corrected chi connectivity index (χ2v) is 9.81. The number of methoxy groups -OCH3 is 2. The number of rotatable bonds is 12. The topological polar surface area (TPSA) is 110 Å². The molecule has 3 aromatic rings. The lowest BCUT2D eigenvalue weighted by molar-refractivity contribution is 0.0311. The standard InChI is InChI=1S/C28H34F3N5O5/c1-17-26(36(19-7-5-4-6-8-19)34-27(17)41-16-20(37)15-40-3)33-28(38)32-24-14-35(9-10-39-2)13-21(24)18-11-22(29)25(31)23(30)12-18/h4-8,11-12,20-21,24,37H,9-10,13-16H2,1-3H3,(H2,32,33,38)/t20-,21+,24-/m1/s1. The van der Waals surface area contributed by atoms with Gasteiger partial charge in [0, 0.05) is 39.8 Å². The Hall–Kier alpha value is -3.65. The summed E-state index contributed by atoms with van der Waals surface area (Å²) in [7, 11) is 3.03. The summed E-state index contributed by atoms with van der Waals surface area (Å²) >= 11 is 0. The van der Waals surface area contributed by atoms with Crippen molar-refractivity contribution in [3.8, 4) is 11.6 Å². The zero-order valence-corrected chi connectivity index (χ0v) is 23.1. The number of aliphatic hydroxyl groups is 1. The molecular weight excluding hydrogens is 543 g/mol. The van der Waals surface area contributed by atoms with Crippen molar-refractivity contribution >= 4 is 11.8 Å². The molecule has 0 aliphatic carbocycles. The fraction of sp³-hybridized carbons (Fsp3) is 0.429. The minimum atomic E-state index is -1.54. The lowest BCUT2D eigenvalue weighted by atomic mass is 9.94. The molecule has 4 rings (SSSR count). The summed E-state index contributed by atoms with van der Waals surface area (Å²) in [6.07, 6.45) is -0.873. The number of hydrogen-bond acceptors (Lipinski definition) is 7. The minimum absolute atomic E-state index is 0.0715. The molecule has 41 heavy (non-hydrogen) atoms. The molecule has 0 saturated carbocycles. The summed E-state index contributed by atoms with van der Waals surface area (Å²) in [6, 6.07) is 9.88. The Morgan fingerprint density at radius 3 is 2.46 bits per heavy atom. The van der Waals surface area contributed by atoms with Crippen LogP contribution in [0.4, 0.5) is 23.8 Å². The molecular formula is C28H34F3N5O5. The summed E-state index contributed by atoms with van der Waals surface area (Å²) in [6.45, 7) is 3.45. The van der Waals surface area contributed by atoms with Crippen LogP contribution >= 0.6 is 0 Å². The van der Waals surface area contributed by atoms with Crippen molar-refractivity contribution in [1.29, 1.82) is 0 Å². The molecule has 1 aromatic heterocycles. The maximum Gasteiger partial charge on any atom is 0.320 e. The second-order valence-electron chi connectivity index (χ2n) is 9.81. The Bertz CT molecular complexity index is 1300. The number of aliphatic hydroxyl groups excluding tert-OH is 1. The Labute approximate surface area is 236 Å². The molecule has 10 nitrogen and oxygen atoms in total.